The van der Waals surface area contributed by atoms with Gasteiger partial charge in [0.2, 0.25) is 5.91 Å². The van der Waals surface area contributed by atoms with Gasteiger partial charge in [0.1, 0.15) is 6.04 Å². The Morgan fingerprint density at radius 2 is 2.20 bits per heavy atom. The van der Waals surface area contributed by atoms with Crippen LogP contribution >= 0.6 is 0 Å². The van der Waals surface area contributed by atoms with E-state index in [1.54, 1.807) is 19.0 Å². The molecule has 1 atom stereocenters. The highest BCUT2D eigenvalue weighted by Crippen LogP contribution is 2.33. The first-order chi connectivity index (χ1) is 9.47. The fourth-order valence-electron chi connectivity index (χ4n) is 2.83. The second-order valence-electron chi connectivity index (χ2n) is 5.63. The van der Waals surface area contributed by atoms with Gasteiger partial charge in [-0.1, -0.05) is 6.92 Å². The Bertz CT molecular complexity index is 494. The van der Waals surface area contributed by atoms with E-state index in [2.05, 4.69) is 16.9 Å². The van der Waals surface area contributed by atoms with Crippen LogP contribution in [-0.2, 0) is 11.3 Å². The van der Waals surface area contributed by atoms with Gasteiger partial charge in [0.25, 0.3) is 0 Å². The molecule has 1 unspecified atom stereocenters. The lowest BCUT2D eigenvalue weighted by molar-refractivity contribution is -0.129. The Morgan fingerprint density at radius 3 is 2.80 bits per heavy atom. The van der Waals surface area contributed by atoms with Gasteiger partial charge < -0.3 is 15.5 Å². The standard InChI is InChI=1S/C14H25N5O/c1-5-8-19-13(12(15)10(2)16-19)18-9-6-7-11(18)14(20)17(3)4/h11H,5-9,15H2,1-4H3. The molecule has 6 nitrogen and oxygen atoms in total. The Morgan fingerprint density at radius 1 is 1.50 bits per heavy atom. The topological polar surface area (TPSA) is 67.4 Å². The number of nitrogens with two attached hydrogens (primary N) is 1. The summed E-state index contributed by atoms with van der Waals surface area (Å²) in [6.07, 6.45) is 2.89. The summed E-state index contributed by atoms with van der Waals surface area (Å²) >= 11 is 0. The van der Waals surface area contributed by atoms with Crippen LogP contribution in [0.1, 0.15) is 31.9 Å². The van der Waals surface area contributed by atoms with Gasteiger partial charge in [0.15, 0.2) is 5.82 Å². The van der Waals surface area contributed by atoms with Crippen LogP contribution in [0.3, 0.4) is 0 Å². The number of aryl methyl sites for hydroxylation is 2. The van der Waals surface area contributed by atoms with Crippen molar-refractivity contribution in [3.05, 3.63) is 5.69 Å². The van der Waals surface area contributed by atoms with Gasteiger partial charge >= 0.3 is 0 Å². The van der Waals surface area contributed by atoms with Gasteiger partial charge in [-0.3, -0.25) is 4.79 Å². The minimum Gasteiger partial charge on any atom is -0.394 e. The lowest BCUT2D eigenvalue weighted by Gasteiger charge is -2.28. The number of anilines is 2. The van der Waals surface area contributed by atoms with Gasteiger partial charge in [-0.05, 0) is 26.2 Å². The lowest BCUT2D eigenvalue weighted by Crippen LogP contribution is -2.43. The summed E-state index contributed by atoms with van der Waals surface area (Å²) in [6, 6.07) is -0.112. The fourth-order valence-corrected chi connectivity index (χ4v) is 2.83. The van der Waals surface area contributed by atoms with Gasteiger partial charge in [-0.25, -0.2) is 4.68 Å². The van der Waals surface area contributed by atoms with Gasteiger partial charge in [-0.2, -0.15) is 5.10 Å². The van der Waals surface area contributed by atoms with Crippen molar-refractivity contribution in [1.82, 2.24) is 14.7 Å². The Balaban J connectivity index is 2.37. The molecule has 0 radical (unpaired) electrons. The van der Waals surface area contributed by atoms with Crippen molar-refractivity contribution < 1.29 is 4.79 Å². The van der Waals surface area contributed by atoms with Crippen LogP contribution in [0.25, 0.3) is 0 Å². The molecular weight excluding hydrogens is 254 g/mol. The average Bonchev–Trinajstić information content (AvgIpc) is 2.95. The average molecular weight is 279 g/mol. The lowest BCUT2D eigenvalue weighted by atomic mass is 10.2. The highest BCUT2D eigenvalue weighted by molar-refractivity contribution is 5.86. The quantitative estimate of drug-likeness (QED) is 0.900. The van der Waals surface area contributed by atoms with Gasteiger partial charge in [0, 0.05) is 27.2 Å². The third-order valence-corrected chi connectivity index (χ3v) is 3.83. The summed E-state index contributed by atoms with van der Waals surface area (Å²) in [7, 11) is 3.60. The van der Waals surface area contributed by atoms with E-state index >= 15 is 0 Å². The van der Waals surface area contributed by atoms with E-state index in [9.17, 15) is 4.79 Å². The van der Waals surface area contributed by atoms with Crippen LogP contribution in [0, 0.1) is 6.92 Å². The molecule has 6 heteroatoms. The summed E-state index contributed by atoms with van der Waals surface area (Å²) in [5, 5.41) is 4.51. The summed E-state index contributed by atoms with van der Waals surface area (Å²) in [5.41, 5.74) is 7.75. The molecule has 0 aromatic carbocycles. The van der Waals surface area contributed by atoms with Crippen molar-refractivity contribution in [3.63, 3.8) is 0 Å². The molecule has 1 aliphatic heterocycles. The van der Waals surface area contributed by atoms with Gasteiger partial charge in [0.05, 0.1) is 11.4 Å². The van der Waals surface area contributed by atoms with Crippen molar-refractivity contribution in [1.29, 1.82) is 0 Å². The number of carbonyl (C=O) groups excluding carboxylic acids is 1. The molecule has 0 bridgehead atoms. The molecule has 0 spiro atoms. The first kappa shape index (κ1) is 14.7. The molecule has 112 valence electrons. The van der Waals surface area contributed by atoms with Crippen molar-refractivity contribution in [2.24, 2.45) is 0 Å². The van der Waals surface area contributed by atoms with Crippen molar-refractivity contribution in [2.45, 2.75) is 45.7 Å². The van der Waals surface area contributed by atoms with E-state index in [1.807, 2.05) is 11.6 Å². The molecule has 0 aliphatic carbocycles. The van der Waals surface area contributed by atoms with E-state index in [0.29, 0.717) is 5.69 Å². The van der Waals surface area contributed by atoms with Crippen LogP contribution in [0.4, 0.5) is 11.5 Å². The largest absolute Gasteiger partial charge is 0.394 e. The van der Waals surface area contributed by atoms with Crippen LogP contribution in [0.15, 0.2) is 0 Å². The first-order valence-electron chi connectivity index (χ1n) is 7.28. The number of hydrogen-bond donors (Lipinski definition) is 1. The molecule has 0 saturated carbocycles. The van der Waals surface area contributed by atoms with Crippen molar-refractivity contribution >= 4 is 17.4 Å². The second kappa shape index (κ2) is 5.73. The summed E-state index contributed by atoms with van der Waals surface area (Å²) < 4.78 is 1.95. The summed E-state index contributed by atoms with van der Waals surface area (Å²) in [6.45, 7) is 5.73. The predicted molar refractivity (Wildman–Crippen MR) is 80.7 cm³/mol. The molecule has 1 aromatic rings. The number of likely N-dealkylation sites (N-methyl/N-ethyl adjacent to an activating group) is 1. The van der Waals surface area contributed by atoms with Crippen molar-refractivity contribution in [3.8, 4) is 0 Å². The highest BCUT2D eigenvalue weighted by Gasteiger charge is 2.35. The monoisotopic (exact) mass is 279 g/mol. The van der Waals surface area contributed by atoms with Crippen molar-refractivity contribution in [2.75, 3.05) is 31.3 Å². The minimum absolute atomic E-state index is 0.112. The van der Waals surface area contributed by atoms with E-state index in [0.717, 1.165) is 43.9 Å². The maximum absolute atomic E-state index is 12.3. The zero-order valence-corrected chi connectivity index (χ0v) is 12.9. The smallest absolute Gasteiger partial charge is 0.244 e. The Hall–Kier alpha value is -1.72. The number of amides is 1. The molecule has 1 aromatic heterocycles. The molecule has 1 fully saturated rings. The zero-order valence-electron chi connectivity index (χ0n) is 12.9. The third kappa shape index (κ3) is 2.46. The maximum Gasteiger partial charge on any atom is 0.244 e. The van der Waals surface area contributed by atoms with Crippen LogP contribution in [0.5, 0.6) is 0 Å². The Labute approximate surface area is 120 Å². The van der Waals surface area contributed by atoms with E-state index in [-0.39, 0.29) is 11.9 Å². The molecule has 1 saturated heterocycles. The molecule has 1 aliphatic rings. The normalized spacial score (nSPS) is 18.6. The van der Waals surface area contributed by atoms with E-state index in [1.165, 1.54) is 0 Å². The summed E-state index contributed by atoms with van der Waals surface area (Å²) in [4.78, 5) is 16.1. The molecule has 2 heterocycles. The van der Waals surface area contributed by atoms with Crippen LogP contribution in [-0.4, -0.2) is 47.3 Å². The third-order valence-electron chi connectivity index (χ3n) is 3.83. The molecule has 2 rings (SSSR count). The SMILES string of the molecule is CCCn1nc(C)c(N)c1N1CCCC1C(=O)N(C)C. The number of nitrogen functional groups attached to an aromatic ring is 1. The Kier molecular flexibility index (Phi) is 4.20. The number of aromatic nitrogens is 2. The fraction of sp³-hybridized carbons (Fsp3) is 0.714. The van der Waals surface area contributed by atoms with E-state index in [4.69, 9.17) is 5.73 Å². The highest BCUT2D eigenvalue weighted by atomic mass is 16.2. The number of carbonyl (C=O) groups is 1. The van der Waals surface area contributed by atoms with Crippen LogP contribution in [0.2, 0.25) is 0 Å². The maximum atomic E-state index is 12.3. The zero-order chi connectivity index (χ0) is 14.9. The van der Waals surface area contributed by atoms with Gasteiger partial charge in [-0.15, -0.1) is 0 Å². The number of nitrogens with zero attached hydrogens (tertiary/aromatic N) is 4. The predicted octanol–water partition coefficient (Wildman–Crippen LogP) is 1.24. The number of rotatable bonds is 4. The molecular formula is C14H25N5O. The number of hydrogen-bond acceptors (Lipinski definition) is 4. The molecule has 1 amide bonds. The molecule has 2 N–H and O–H groups in total. The molecule has 20 heavy (non-hydrogen) atoms. The van der Waals surface area contributed by atoms with Crippen LogP contribution < -0.4 is 10.6 Å². The van der Waals surface area contributed by atoms with E-state index < -0.39 is 0 Å². The second-order valence-corrected chi connectivity index (χ2v) is 5.63. The first-order valence-corrected chi connectivity index (χ1v) is 7.28. The summed E-state index contributed by atoms with van der Waals surface area (Å²) in [5.74, 6) is 1.06. The minimum atomic E-state index is -0.112.